The topological polar surface area (TPSA) is 58.6 Å². The van der Waals surface area contributed by atoms with Gasteiger partial charge in [-0.2, -0.15) is 0 Å². The summed E-state index contributed by atoms with van der Waals surface area (Å²) in [5.41, 5.74) is 2.91. The number of anilines is 1. The molecule has 0 fully saturated rings. The summed E-state index contributed by atoms with van der Waals surface area (Å²) >= 11 is 6.10. The molecule has 2 amide bonds. The second-order valence-electron chi connectivity index (χ2n) is 6.32. The van der Waals surface area contributed by atoms with Gasteiger partial charge in [-0.05, 0) is 48.7 Å². The van der Waals surface area contributed by atoms with Crippen molar-refractivity contribution in [1.82, 2.24) is 4.90 Å². The number of nitrogens with zero attached hydrogens (tertiary/aromatic N) is 1. The Balaban J connectivity index is 2.09. The molecule has 1 aliphatic heterocycles. The van der Waals surface area contributed by atoms with Gasteiger partial charge in [-0.1, -0.05) is 36.7 Å². The summed E-state index contributed by atoms with van der Waals surface area (Å²) in [6.45, 7) is 4.22. The third-order valence-electron chi connectivity index (χ3n) is 4.45. The van der Waals surface area contributed by atoms with Crippen molar-refractivity contribution in [2.24, 2.45) is 0 Å². The number of methoxy groups -OCH3 is 1. The van der Waals surface area contributed by atoms with E-state index in [2.05, 4.69) is 5.32 Å². The summed E-state index contributed by atoms with van der Waals surface area (Å²) in [6, 6.07) is 12.5. The number of amides is 2. The fourth-order valence-corrected chi connectivity index (χ4v) is 3.18. The van der Waals surface area contributed by atoms with Crippen LogP contribution in [-0.4, -0.2) is 30.4 Å². The first-order valence-electron chi connectivity index (χ1n) is 8.74. The molecule has 1 N–H and O–H groups in total. The lowest BCUT2D eigenvalue weighted by molar-refractivity contribution is -0.136. The summed E-state index contributed by atoms with van der Waals surface area (Å²) in [7, 11) is 1.58. The van der Waals surface area contributed by atoms with Gasteiger partial charge in [0.05, 0.1) is 12.7 Å². The van der Waals surface area contributed by atoms with E-state index in [-0.39, 0.29) is 17.5 Å². The molecule has 0 radical (unpaired) electrons. The van der Waals surface area contributed by atoms with Crippen molar-refractivity contribution in [1.29, 1.82) is 0 Å². The summed E-state index contributed by atoms with van der Waals surface area (Å²) in [4.78, 5) is 27.2. The van der Waals surface area contributed by atoms with Gasteiger partial charge >= 0.3 is 0 Å². The highest BCUT2D eigenvalue weighted by molar-refractivity contribution is 6.36. The lowest BCUT2D eigenvalue weighted by Gasteiger charge is -2.14. The molecular weight excluding hydrogens is 364 g/mol. The molecule has 0 saturated heterocycles. The molecule has 27 heavy (non-hydrogen) atoms. The Morgan fingerprint density at radius 3 is 2.41 bits per heavy atom. The second kappa shape index (κ2) is 7.84. The molecule has 0 unspecified atom stereocenters. The van der Waals surface area contributed by atoms with Crippen molar-refractivity contribution in [3.63, 3.8) is 0 Å². The molecule has 0 aliphatic carbocycles. The first-order chi connectivity index (χ1) is 13.0. The predicted octanol–water partition coefficient (Wildman–Crippen LogP) is 4.26. The van der Waals surface area contributed by atoms with Crippen LogP contribution in [-0.2, 0) is 9.59 Å². The molecule has 0 saturated carbocycles. The van der Waals surface area contributed by atoms with Crippen LogP contribution in [0.1, 0.15) is 24.5 Å². The molecule has 3 rings (SSSR count). The molecule has 2 aromatic carbocycles. The minimum atomic E-state index is -0.327. The van der Waals surface area contributed by atoms with E-state index in [9.17, 15) is 9.59 Å². The summed E-state index contributed by atoms with van der Waals surface area (Å²) in [5.74, 6) is 0.0583. The van der Waals surface area contributed by atoms with Crippen molar-refractivity contribution in [3.8, 4) is 5.75 Å². The minimum Gasteiger partial charge on any atom is -0.497 e. The number of halogens is 1. The van der Waals surface area contributed by atoms with Crippen LogP contribution in [0.15, 0.2) is 48.2 Å². The lowest BCUT2D eigenvalue weighted by Crippen LogP contribution is -2.33. The highest BCUT2D eigenvalue weighted by Gasteiger charge is 2.38. The standard InChI is InChI=1S/C21H21ClN2O3/c1-4-11-24-20(25)18(14-6-9-16(27-3)10-7-14)19(21(24)26)23-17-12-15(22)8-5-13(17)2/h5-10,12,23H,4,11H2,1-3H3. The number of rotatable bonds is 6. The Bertz CT molecular complexity index is 920. The van der Waals surface area contributed by atoms with Gasteiger partial charge in [-0.15, -0.1) is 0 Å². The largest absolute Gasteiger partial charge is 0.497 e. The predicted molar refractivity (Wildman–Crippen MR) is 107 cm³/mol. The van der Waals surface area contributed by atoms with E-state index in [0.717, 1.165) is 5.56 Å². The Morgan fingerprint density at radius 1 is 1.07 bits per heavy atom. The molecule has 1 aliphatic rings. The molecule has 1 heterocycles. The van der Waals surface area contributed by atoms with Crippen LogP contribution in [0, 0.1) is 6.92 Å². The van der Waals surface area contributed by atoms with E-state index in [1.807, 2.05) is 19.9 Å². The number of benzene rings is 2. The van der Waals surface area contributed by atoms with Crippen molar-refractivity contribution in [2.45, 2.75) is 20.3 Å². The normalized spacial score (nSPS) is 14.1. The van der Waals surface area contributed by atoms with Crippen molar-refractivity contribution in [2.75, 3.05) is 19.0 Å². The van der Waals surface area contributed by atoms with Gasteiger partial charge in [0, 0.05) is 17.3 Å². The quantitative estimate of drug-likeness (QED) is 0.756. The maximum absolute atomic E-state index is 13.0. The van der Waals surface area contributed by atoms with Gasteiger partial charge in [0.2, 0.25) is 0 Å². The number of hydrogen-bond acceptors (Lipinski definition) is 4. The summed E-state index contributed by atoms with van der Waals surface area (Å²) in [5, 5.41) is 3.70. The van der Waals surface area contributed by atoms with Gasteiger partial charge in [0.1, 0.15) is 11.4 Å². The smallest absolute Gasteiger partial charge is 0.278 e. The van der Waals surface area contributed by atoms with Crippen LogP contribution in [0.5, 0.6) is 5.75 Å². The highest BCUT2D eigenvalue weighted by atomic mass is 35.5. The van der Waals surface area contributed by atoms with Crippen LogP contribution < -0.4 is 10.1 Å². The number of carbonyl (C=O) groups is 2. The number of nitrogens with one attached hydrogen (secondary N) is 1. The van der Waals surface area contributed by atoms with Crippen molar-refractivity contribution < 1.29 is 14.3 Å². The Labute approximate surface area is 163 Å². The van der Waals surface area contributed by atoms with Crippen LogP contribution in [0.2, 0.25) is 5.02 Å². The first kappa shape index (κ1) is 19.0. The number of imide groups is 1. The maximum Gasteiger partial charge on any atom is 0.278 e. The van der Waals surface area contributed by atoms with Crippen LogP contribution in [0.3, 0.4) is 0 Å². The maximum atomic E-state index is 13.0. The molecule has 140 valence electrons. The van der Waals surface area contributed by atoms with E-state index in [1.165, 1.54) is 4.90 Å². The molecule has 0 aromatic heterocycles. The van der Waals surface area contributed by atoms with Crippen LogP contribution in [0.25, 0.3) is 5.57 Å². The van der Waals surface area contributed by atoms with E-state index in [1.54, 1.807) is 43.5 Å². The van der Waals surface area contributed by atoms with E-state index in [4.69, 9.17) is 16.3 Å². The fourth-order valence-electron chi connectivity index (χ4n) is 3.01. The van der Waals surface area contributed by atoms with E-state index in [0.29, 0.717) is 40.6 Å². The van der Waals surface area contributed by atoms with Gasteiger partial charge < -0.3 is 10.1 Å². The average molecular weight is 385 g/mol. The van der Waals surface area contributed by atoms with Gasteiger partial charge in [0.25, 0.3) is 11.8 Å². The minimum absolute atomic E-state index is 0.268. The number of aryl methyl sites for hydroxylation is 1. The first-order valence-corrected chi connectivity index (χ1v) is 9.12. The van der Waals surface area contributed by atoms with Crippen LogP contribution >= 0.6 is 11.6 Å². The monoisotopic (exact) mass is 384 g/mol. The molecule has 0 spiro atoms. The molecule has 5 nitrogen and oxygen atoms in total. The summed E-state index contributed by atoms with van der Waals surface area (Å²) < 4.78 is 5.18. The van der Waals surface area contributed by atoms with Crippen molar-refractivity contribution >= 4 is 34.7 Å². The highest BCUT2D eigenvalue weighted by Crippen LogP contribution is 2.32. The number of hydrogen-bond donors (Lipinski definition) is 1. The van der Waals surface area contributed by atoms with Crippen molar-refractivity contribution in [3.05, 3.63) is 64.3 Å². The molecular formula is C21H21ClN2O3. The third-order valence-corrected chi connectivity index (χ3v) is 4.69. The molecule has 6 heteroatoms. The average Bonchev–Trinajstić information content (AvgIpc) is 2.89. The zero-order valence-corrected chi connectivity index (χ0v) is 16.3. The van der Waals surface area contributed by atoms with Gasteiger partial charge in [-0.3, -0.25) is 14.5 Å². The van der Waals surface area contributed by atoms with Gasteiger partial charge in [-0.25, -0.2) is 0 Å². The van der Waals surface area contributed by atoms with Gasteiger partial charge in [0.15, 0.2) is 0 Å². The summed E-state index contributed by atoms with van der Waals surface area (Å²) in [6.07, 6.45) is 0.691. The third kappa shape index (κ3) is 3.69. The van der Waals surface area contributed by atoms with E-state index >= 15 is 0 Å². The zero-order chi connectivity index (χ0) is 19.6. The van der Waals surface area contributed by atoms with Crippen LogP contribution in [0.4, 0.5) is 5.69 Å². The number of carbonyl (C=O) groups excluding carboxylic acids is 2. The Kier molecular flexibility index (Phi) is 5.51. The Morgan fingerprint density at radius 2 is 1.78 bits per heavy atom. The van der Waals surface area contributed by atoms with E-state index < -0.39 is 0 Å². The lowest BCUT2D eigenvalue weighted by atomic mass is 10.0. The molecule has 2 aromatic rings. The zero-order valence-electron chi connectivity index (χ0n) is 15.5. The Hall–Kier alpha value is -2.79. The SMILES string of the molecule is CCCN1C(=O)C(Nc2cc(Cl)ccc2C)=C(c2ccc(OC)cc2)C1=O. The second-order valence-corrected chi connectivity index (χ2v) is 6.76. The fraction of sp³-hybridized carbons (Fsp3) is 0.238. The molecule has 0 bridgehead atoms. The number of ether oxygens (including phenoxy) is 1. The molecule has 0 atom stereocenters.